The molecule has 2 heterocycles. The number of hydrogen-bond donors (Lipinski definition) is 1. The van der Waals surface area contributed by atoms with Gasteiger partial charge in [0.1, 0.15) is 0 Å². The summed E-state index contributed by atoms with van der Waals surface area (Å²) >= 11 is 0. The normalized spacial score (nSPS) is 11.1. The van der Waals surface area contributed by atoms with Crippen molar-refractivity contribution >= 4 is 11.2 Å². The SMILES string of the molecule is Cn1c(=O)[nH]c2c(c1=O)n(Cc1ccccc1)c[n+]2Cc1ccccc1. The van der Waals surface area contributed by atoms with Crippen molar-refractivity contribution < 1.29 is 4.57 Å². The van der Waals surface area contributed by atoms with Gasteiger partial charge in [-0.25, -0.2) is 18.9 Å². The van der Waals surface area contributed by atoms with Gasteiger partial charge in [-0.05, 0) is 11.1 Å². The van der Waals surface area contributed by atoms with Gasteiger partial charge >= 0.3 is 11.2 Å². The summed E-state index contributed by atoms with van der Waals surface area (Å²) in [6.07, 6.45) is 1.89. The summed E-state index contributed by atoms with van der Waals surface area (Å²) in [5.74, 6) is 0. The summed E-state index contributed by atoms with van der Waals surface area (Å²) < 4.78 is 4.92. The van der Waals surface area contributed by atoms with Crippen LogP contribution in [-0.4, -0.2) is 14.1 Å². The van der Waals surface area contributed by atoms with Crippen LogP contribution in [0.3, 0.4) is 0 Å². The first-order chi connectivity index (χ1) is 12.6. The molecular formula is C20H19N4O2+. The molecule has 0 saturated heterocycles. The average molecular weight is 347 g/mol. The van der Waals surface area contributed by atoms with E-state index < -0.39 is 5.69 Å². The molecule has 0 fully saturated rings. The fourth-order valence-electron chi connectivity index (χ4n) is 3.15. The molecule has 1 N–H and O–H groups in total. The molecule has 0 unspecified atom stereocenters. The minimum absolute atomic E-state index is 0.300. The van der Waals surface area contributed by atoms with Crippen LogP contribution in [0.4, 0.5) is 0 Å². The predicted octanol–water partition coefficient (Wildman–Crippen LogP) is 1.41. The number of H-pyrrole nitrogens is 1. The van der Waals surface area contributed by atoms with Crippen molar-refractivity contribution in [3.05, 3.63) is 99.0 Å². The number of fused-ring (bicyclic) bond motifs is 1. The van der Waals surface area contributed by atoms with E-state index in [9.17, 15) is 9.59 Å². The lowest BCUT2D eigenvalue weighted by atomic mass is 10.2. The molecule has 0 atom stereocenters. The van der Waals surface area contributed by atoms with Gasteiger partial charge in [0.25, 0.3) is 5.65 Å². The molecule has 0 bridgehead atoms. The van der Waals surface area contributed by atoms with Gasteiger partial charge in [-0.15, -0.1) is 0 Å². The fourth-order valence-corrected chi connectivity index (χ4v) is 3.15. The van der Waals surface area contributed by atoms with Gasteiger partial charge in [0.2, 0.25) is 5.52 Å². The molecule has 6 nitrogen and oxygen atoms in total. The highest BCUT2D eigenvalue weighted by molar-refractivity contribution is 5.65. The maximum atomic E-state index is 12.7. The maximum absolute atomic E-state index is 12.7. The fraction of sp³-hybridized carbons (Fsp3) is 0.150. The summed E-state index contributed by atoms with van der Waals surface area (Å²) in [6, 6.07) is 19.9. The quantitative estimate of drug-likeness (QED) is 0.568. The van der Waals surface area contributed by atoms with Gasteiger partial charge in [-0.3, -0.25) is 9.36 Å². The molecule has 0 amide bonds. The van der Waals surface area contributed by atoms with Crippen molar-refractivity contribution in [2.75, 3.05) is 0 Å². The standard InChI is InChI=1S/C20H18N4O2/c1-22-19(25)17-18(21-20(22)26)24(13-16-10-6-3-7-11-16)14-23(17)12-15-8-4-2-5-9-15/h2-11,14H,12-13H2,1H3/p+1. The van der Waals surface area contributed by atoms with E-state index in [0.29, 0.717) is 24.3 Å². The van der Waals surface area contributed by atoms with Crippen molar-refractivity contribution in [2.45, 2.75) is 13.1 Å². The third kappa shape index (κ3) is 2.86. The Hall–Kier alpha value is -3.41. The zero-order valence-electron chi connectivity index (χ0n) is 14.4. The molecule has 2 aromatic carbocycles. The number of nitrogens with one attached hydrogen (secondary N) is 1. The molecule has 0 saturated carbocycles. The Morgan fingerprint density at radius 1 is 0.923 bits per heavy atom. The van der Waals surface area contributed by atoms with Gasteiger partial charge in [0.05, 0.1) is 13.1 Å². The number of aromatic amines is 1. The zero-order chi connectivity index (χ0) is 18.1. The van der Waals surface area contributed by atoms with Gasteiger partial charge < -0.3 is 0 Å². The number of benzene rings is 2. The Labute approximate surface area is 149 Å². The Morgan fingerprint density at radius 2 is 1.54 bits per heavy atom. The van der Waals surface area contributed by atoms with E-state index in [0.717, 1.165) is 15.7 Å². The second-order valence-electron chi connectivity index (χ2n) is 6.33. The summed E-state index contributed by atoms with van der Waals surface area (Å²) in [5.41, 5.74) is 2.50. The van der Waals surface area contributed by atoms with Crippen LogP contribution >= 0.6 is 0 Å². The summed E-state index contributed by atoms with van der Waals surface area (Å²) in [5, 5.41) is 0. The largest absolute Gasteiger partial charge is 0.386 e. The van der Waals surface area contributed by atoms with Crippen molar-refractivity contribution in [1.82, 2.24) is 14.1 Å². The Bertz CT molecular complexity index is 1170. The first-order valence-corrected chi connectivity index (χ1v) is 8.43. The monoisotopic (exact) mass is 347 g/mol. The van der Waals surface area contributed by atoms with Crippen LogP contribution in [0.25, 0.3) is 11.2 Å². The molecule has 0 aliphatic heterocycles. The summed E-state index contributed by atoms with van der Waals surface area (Å²) in [4.78, 5) is 27.7. The van der Waals surface area contributed by atoms with E-state index >= 15 is 0 Å². The molecule has 0 spiro atoms. The molecule has 4 aromatic rings. The van der Waals surface area contributed by atoms with Crippen LogP contribution in [-0.2, 0) is 20.1 Å². The molecule has 4 rings (SSSR count). The Balaban J connectivity index is 1.89. The van der Waals surface area contributed by atoms with Crippen LogP contribution in [0, 0.1) is 0 Å². The average Bonchev–Trinajstić information content (AvgIpc) is 2.98. The van der Waals surface area contributed by atoms with Gasteiger partial charge in [-0.2, -0.15) is 0 Å². The van der Waals surface area contributed by atoms with Crippen molar-refractivity contribution in [3.8, 4) is 0 Å². The molecule has 0 aliphatic rings. The third-order valence-electron chi connectivity index (χ3n) is 4.51. The van der Waals surface area contributed by atoms with Gasteiger partial charge in [-0.1, -0.05) is 60.7 Å². The minimum atomic E-state index is -0.415. The minimum Gasteiger partial charge on any atom is -0.265 e. The van der Waals surface area contributed by atoms with E-state index in [1.54, 1.807) is 0 Å². The van der Waals surface area contributed by atoms with Crippen molar-refractivity contribution in [3.63, 3.8) is 0 Å². The number of nitrogens with zero attached hydrogens (tertiary/aromatic N) is 3. The highest BCUT2D eigenvalue weighted by atomic mass is 16.2. The van der Waals surface area contributed by atoms with Gasteiger partial charge in [0.15, 0.2) is 6.33 Å². The second-order valence-corrected chi connectivity index (χ2v) is 6.33. The van der Waals surface area contributed by atoms with Crippen LogP contribution < -0.4 is 15.8 Å². The van der Waals surface area contributed by atoms with Crippen LogP contribution in [0.5, 0.6) is 0 Å². The second kappa shape index (κ2) is 6.48. The first-order valence-electron chi connectivity index (χ1n) is 8.43. The number of aromatic nitrogens is 4. The lowest BCUT2D eigenvalue weighted by molar-refractivity contribution is -0.665. The molecule has 0 aliphatic carbocycles. The van der Waals surface area contributed by atoms with E-state index in [1.807, 2.05) is 76.1 Å². The van der Waals surface area contributed by atoms with Gasteiger partial charge in [0, 0.05) is 7.05 Å². The maximum Gasteiger partial charge on any atom is 0.386 e. The van der Waals surface area contributed by atoms with E-state index in [-0.39, 0.29) is 5.56 Å². The topological polar surface area (TPSA) is 63.7 Å². The van der Waals surface area contributed by atoms with Crippen LogP contribution in [0.15, 0.2) is 76.6 Å². The van der Waals surface area contributed by atoms with E-state index in [2.05, 4.69) is 4.98 Å². The molecule has 130 valence electrons. The van der Waals surface area contributed by atoms with Crippen molar-refractivity contribution in [2.24, 2.45) is 7.05 Å². The molecule has 6 heteroatoms. The smallest absolute Gasteiger partial charge is 0.265 e. The lowest BCUT2D eigenvalue weighted by Gasteiger charge is -2.00. The van der Waals surface area contributed by atoms with E-state index in [1.165, 1.54) is 7.05 Å². The van der Waals surface area contributed by atoms with Crippen LogP contribution in [0.1, 0.15) is 11.1 Å². The zero-order valence-corrected chi connectivity index (χ0v) is 14.4. The summed E-state index contributed by atoms with van der Waals surface area (Å²) in [6.45, 7) is 1.13. The highest BCUT2D eigenvalue weighted by Crippen LogP contribution is 2.08. The lowest BCUT2D eigenvalue weighted by Crippen LogP contribution is -2.38. The number of rotatable bonds is 4. The Kier molecular flexibility index (Phi) is 4.01. The number of imidazole rings is 1. The molecule has 0 radical (unpaired) electrons. The molecule has 26 heavy (non-hydrogen) atoms. The number of hydrogen-bond acceptors (Lipinski definition) is 2. The Morgan fingerprint density at radius 3 is 2.19 bits per heavy atom. The van der Waals surface area contributed by atoms with Crippen LogP contribution in [0.2, 0.25) is 0 Å². The van der Waals surface area contributed by atoms with E-state index in [4.69, 9.17) is 0 Å². The molecule has 2 aromatic heterocycles. The highest BCUT2D eigenvalue weighted by Gasteiger charge is 2.21. The predicted molar refractivity (Wildman–Crippen MR) is 99.1 cm³/mol. The molecular weight excluding hydrogens is 328 g/mol. The first kappa shape index (κ1) is 16.1. The van der Waals surface area contributed by atoms with Crippen molar-refractivity contribution in [1.29, 1.82) is 0 Å². The summed E-state index contributed by atoms with van der Waals surface area (Å²) in [7, 11) is 1.49. The third-order valence-corrected chi connectivity index (χ3v) is 4.51.